The summed E-state index contributed by atoms with van der Waals surface area (Å²) in [5.74, 6) is -3.80. The zero-order chi connectivity index (χ0) is 22.1. The molecule has 29 heavy (non-hydrogen) atoms. The number of imidazole rings is 1. The van der Waals surface area contributed by atoms with Gasteiger partial charge in [-0.3, -0.25) is 14.4 Å². The number of aliphatic hydroxyl groups is 1. The van der Waals surface area contributed by atoms with Crippen LogP contribution in [0.1, 0.15) is 26.5 Å². The van der Waals surface area contributed by atoms with Crippen LogP contribution in [0.3, 0.4) is 0 Å². The van der Waals surface area contributed by atoms with Crippen molar-refractivity contribution >= 4 is 23.7 Å². The number of nitrogens with zero attached hydrogens (tertiary/aromatic N) is 1. The molecule has 1 aromatic rings. The zero-order valence-electron chi connectivity index (χ0n) is 16.5. The molecule has 1 rings (SSSR count). The summed E-state index contributed by atoms with van der Waals surface area (Å²) in [7, 11) is 0. The summed E-state index contributed by atoms with van der Waals surface area (Å²) in [5, 5.41) is 25.8. The number of nitrogens with one attached hydrogen (secondary N) is 4. The van der Waals surface area contributed by atoms with E-state index >= 15 is 0 Å². The minimum absolute atomic E-state index is 0.0243. The highest BCUT2D eigenvalue weighted by Crippen LogP contribution is 2.05. The molecule has 0 aliphatic carbocycles. The van der Waals surface area contributed by atoms with Crippen molar-refractivity contribution in [3.05, 3.63) is 18.2 Å². The summed E-state index contributed by atoms with van der Waals surface area (Å²) >= 11 is 0. The van der Waals surface area contributed by atoms with Gasteiger partial charge in [0.15, 0.2) is 0 Å². The van der Waals surface area contributed by atoms with Crippen LogP contribution >= 0.6 is 0 Å². The molecule has 0 saturated heterocycles. The number of aromatic nitrogens is 2. The summed E-state index contributed by atoms with van der Waals surface area (Å²) in [4.78, 5) is 54.7. The molecule has 8 N–H and O–H groups in total. The molecule has 0 radical (unpaired) electrons. The summed E-state index contributed by atoms with van der Waals surface area (Å²) in [6.45, 7) is 4.03. The molecule has 1 aromatic heterocycles. The van der Waals surface area contributed by atoms with E-state index in [1.165, 1.54) is 19.4 Å². The fourth-order valence-electron chi connectivity index (χ4n) is 2.36. The highest BCUT2D eigenvalue weighted by molar-refractivity contribution is 5.94. The lowest BCUT2D eigenvalue weighted by atomic mass is 10.0. The monoisotopic (exact) mass is 412 g/mol. The van der Waals surface area contributed by atoms with E-state index in [2.05, 4.69) is 25.9 Å². The quantitative estimate of drug-likeness (QED) is 0.206. The second kappa shape index (κ2) is 11.1. The van der Waals surface area contributed by atoms with Gasteiger partial charge in [-0.1, -0.05) is 13.8 Å². The number of carboxylic acid groups (broad SMARTS) is 1. The maximum absolute atomic E-state index is 12.6. The lowest BCUT2D eigenvalue weighted by Gasteiger charge is -2.26. The Morgan fingerprint density at radius 1 is 1.07 bits per heavy atom. The zero-order valence-corrected chi connectivity index (χ0v) is 16.5. The number of hydrogen-bond acceptors (Lipinski definition) is 7. The van der Waals surface area contributed by atoms with Crippen LogP contribution in [0.15, 0.2) is 12.5 Å². The van der Waals surface area contributed by atoms with Crippen molar-refractivity contribution in [1.82, 2.24) is 25.9 Å². The Labute approximate surface area is 167 Å². The lowest BCUT2D eigenvalue weighted by Crippen LogP contribution is -2.59. The average Bonchev–Trinajstić information content (AvgIpc) is 3.15. The smallest absolute Gasteiger partial charge is 0.326 e. The second-order valence-electron chi connectivity index (χ2n) is 6.94. The van der Waals surface area contributed by atoms with Gasteiger partial charge in [-0.05, 0) is 12.8 Å². The largest absolute Gasteiger partial charge is 0.480 e. The van der Waals surface area contributed by atoms with E-state index < -0.39 is 60.4 Å². The van der Waals surface area contributed by atoms with Gasteiger partial charge in [0.1, 0.15) is 18.1 Å². The lowest BCUT2D eigenvalue weighted by molar-refractivity contribution is -0.142. The average molecular weight is 412 g/mol. The van der Waals surface area contributed by atoms with Gasteiger partial charge >= 0.3 is 5.97 Å². The molecule has 3 amide bonds. The van der Waals surface area contributed by atoms with Crippen LogP contribution in [0.5, 0.6) is 0 Å². The highest BCUT2D eigenvalue weighted by Gasteiger charge is 2.31. The van der Waals surface area contributed by atoms with Crippen LogP contribution in [-0.2, 0) is 25.6 Å². The molecule has 1 heterocycles. The number of carbonyl (C=O) groups excluding carboxylic acids is 3. The fraction of sp³-hybridized carbons (Fsp3) is 0.588. The van der Waals surface area contributed by atoms with Crippen molar-refractivity contribution in [2.75, 3.05) is 6.61 Å². The third-order valence-electron chi connectivity index (χ3n) is 4.07. The van der Waals surface area contributed by atoms with Crippen LogP contribution in [0, 0.1) is 5.92 Å². The van der Waals surface area contributed by atoms with Crippen molar-refractivity contribution < 1.29 is 29.4 Å². The standard InChI is InChI=1S/C17H28N6O6/c1-8(2)13(23-15(26)12(6-24)22-14(25)9(3)18)16(27)21-11(17(28)29)4-10-5-19-7-20-10/h5,7-9,11-13,24H,4,6,18H2,1-3H3,(H,19,20)(H,21,27)(H,22,25)(H,23,26)(H,28,29). The second-order valence-corrected chi connectivity index (χ2v) is 6.94. The molecular formula is C17H28N6O6. The number of nitrogens with two attached hydrogens (primary N) is 1. The van der Waals surface area contributed by atoms with Gasteiger partial charge in [-0.2, -0.15) is 0 Å². The third kappa shape index (κ3) is 7.50. The number of aliphatic carboxylic acids is 1. The summed E-state index contributed by atoms with van der Waals surface area (Å²) in [5.41, 5.74) is 5.94. The Hall–Kier alpha value is -2.99. The van der Waals surface area contributed by atoms with Gasteiger partial charge in [-0.15, -0.1) is 0 Å². The van der Waals surface area contributed by atoms with Gasteiger partial charge in [-0.25, -0.2) is 9.78 Å². The Bertz CT molecular complexity index is 705. The molecule has 4 atom stereocenters. The van der Waals surface area contributed by atoms with E-state index in [1.807, 2.05) is 0 Å². The number of aromatic amines is 1. The molecule has 0 aliphatic rings. The van der Waals surface area contributed by atoms with E-state index in [0.29, 0.717) is 5.69 Å². The maximum atomic E-state index is 12.6. The van der Waals surface area contributed by atoms with Crippen molar-refractivity contribution in [3.8, 4) is 0 Å². The van der Waals surface area contributed by atoms with Crippen molar-refractivity contribution in [3.63, 3.8) is 0 Å². The number of amides is 3. The van der Waals surface area contributed by atoms with Crippen molar-refractivity contribution in [2.45, 2.75) is 51.4 Å². The molecule has 0 spiro atoms. The minimum Gasteiger partial charge on any atom is -0.480 e. The van der Waals surface area contributed by atoms with Crippen LogP contribution in [0.25, 0.3) is 0 Å². The first kappa shape index (κ1) is 24.0. The van der Waals surface area contributed by atoms with Crippen molar-refractivity contribution in [2.24, 2.45) is 11.7 Å². The van der Waals surface area contributed by atoms with Gasteiger partial charge < -0.3 is 36.9 Å². The molecular weight excluding hydrogens is 384 g/mol. The summed E-state index contributed by atoms with van der Waals surface area (Å²) < 4.78 is 0. The predicted octanol–water partition coefficient (Wildman–Crippen LogP) is -2.51. The van der Waals surface area contributed by atoms with E-state index in [1.54, 1.807) is 13.8 Å². The topological polar surface area (TPSA) is 200 Å². The number of hydrogen-bond donors (Lipinski definition) is 7. The Morgan fingerprint density at radius 2 is 1.69 bits per heavy atom. The number of rotatable bonds is 11. The first-order valence-corrected chi connectivity index (χ1v) is 9.04. The molecule has 0 saturated carbocycles. The van der Waals surface area contributed by atoms with Gasteiger partial charge in [0.25, 0.3) is 0 Å². The number of aliphatic hydroxyl groups excluding tert-OH is 1. The van der Waals surface area contributed by atoms with E-state index in [9.17, 15) is 29.4 Å². The van der Waals surface area contributed by atoms with Gasteiger partial charge in [0, 0.05) is 18.3 Å². The Balaban J connectivity index is 2.83. The summed E-state index contributed by atoms with van der Waals surface area (Å²) in [6.07, 6.45) is 2.80. The normalized spacial score (nSPS) is 15.1. The Morgan fingerprint density at radius 3 is 2.14 bits per heavy atom. The molecule has 4 unspecified atom stereocenters. The minimum atomic E-state index is -1.30. The van der Waals surface area contributed by atoms with Crippen LogP contribution in [0.2, 0.25) is 0 Å². The van der Waals surface area contributed by atoms with Crippen LogP contribution in [-0.4, -0.2) is 74.6 Å². The van der Waals surface area contributed by atoms with Crippen LogP contribution < -0.4 is 21.7 Å². The maximum Gasteiger partial charge on any atom is 0.326 e. The Kier molecular flexibility index (Phi) is 9.22. The fourth-order valence-corrected chi connectivity index (χ4v) is 2.36. The third-order valence-corrected chi connectivity index (χ3v) is 4.07. The molecule has 162 valence electrons. The van der Waals surface area contributed by atoms with Crippen LogP contribution in [0.4, 0.5) is 0 Å². The van der Waals surface area contributed by atoms with E-state index in [0.717, 1.165) is 0 Å². The summed E-state index contributed by atoms with van der Waals surface area (Å²) in [6, 6.07) is -4.53. The highest BCUT2D eigenvalue weighted by atomic mass is 16.4. The number of H-pyrrole nitrogens is 1. The van der Waals surface area contributed by atoms with Gasteiger partial charge in [0.2, 0.25) is 17.7 Å². The molecule has 12 nitrogen and oxygen atoms in total. The number of carboxylic acids is 1. The van der Waals surface area contributed by atoms with Gasteiger partial charge in [0.05, 0.1) is 19.0 Å². The van der Waals surface area contributed by atoms with E-state index in [4.69, 9.17) is 5.73 Å². The molecule has 0 bridgehead atoms. The molecule has 12 heteroatoms. The predicted molar refractivity (Wildman–Crippen MR) is 101 cm³/mol. The number of carbonyl (C=O) groups is 4. The molecule has 0 aliphatic heterocycles. The molecule has 0 aromatic carbocycles. The SMILES string of the molecule is CC(N)C(=O)NC(CO)C(=O)NC(C(=O)NC(Cc1cnc[nH]1)C(=O)O)C(C)C. The van der Waals surface area contributed by atoms with Crippen molar-refractivity contribution in [1.29, 1.82) is 0 Å². The first-order chi connectivity index (χ1) is 13.6. The first-order valence-electron chi connectivity index (χ1n) is 9.04. The van der Waals surface area contributed by atoms with E-state index in [-0.39, 0.29) is 6.42 Å². The molecule has 0 fully saturated rings.